The Labute approximate surface area is 116 Å². The van der Waals surface area contributed by atoms with E-state index in [2.05, 4.69) is 0 Å². The summed E-state index contributed by atoms with van der Waals surface area (Å²) in [6, 6.07) is 6.80. The lowest BCUT2D eigenvalue weighted by Crippen LogP contribution is -2.18. The number of rotatable bonds is 6. The minimum atomic E-state index is -3.22. The van der Waals surface area contributed by atoms with Gasteiger partial charge in [0.05, 0.1) is 10.6 Å². The Hall–Kier alpha value is -1.16. The van der Waals surface area contributed by atoms with Crippen LogP contribution in [0.3, 0.4) is 0 Å². The van der Waals surface area contributed by atoms with E-state index >= 15 is 0 Å². The molecule has 0 aliphatic carbocycles. The average molecular weight is 282 g/mol. The van der Waals surface area contributed by atoms with Gasteiger partial charge in [0.25, 0.3) is 0 Å². The quantitative estimate of drug-likeness (QED) is 0.805. The maximum absolute atomic E-state index is 12.0. The van der Waals surface area contributed by atoms with Crippen molar-refractivity contribution >= 4 is 15.6 Å². The first-order valence-corrected chi connectivity index (χ1v) is 8.34. The monoisotopic (exact) mass is 282 g/mol. The molecule has 0 heterocycles. The number of hydrogen-bond acceptors (Lipinski definition) is 3. The van der Waals surface area contributed by atoms with E-state index < -0.39 is 9.84 Å². The Morgan fingerprint density at radius 3 is 2.32 bits per heavy atom. The van der Waals surface area contributed by atoms with Crippen LogP contribution in [0.25, 0.3) is 0 Å². The molecule has 0 aromatic heterocycles. The molecule has 0 saturated carbocycles. The van der Waals surface area contributed by atoms with Crippen LogP contribution in [0.15, 0.2) is 29.2 Å². The third-order valence-electron chi connectivity index (χ3n) is 3.32. The molecule has 0 spiro atoms. The number of benzene rings is 1. The van der Waals surface area contributed by atoms with Crippen LogP contribution in [-0.4, -0.2) is 20.0 Å². The van der Waals surface area contributed by atoms with E-state index in [-0.39, 0.29) is 23.4 Å². The number of carbonyl (C=O) groups is 1. The summed E-state index contributed by atoms with van der Waals surface area (Å²) in [4.78, 5) is 12.3. The first-order valence-electron chi connectivity index (χ1n) is 6.68. The van der Waals surface area contributed by atoms with Gasteiger partial charge in [-0.25, -0.2) is 8.42 Å². The third-order valence-corrected chi connectivity index (χ3v) is 5.05. The van der Waals surface area contributed by atoms with Crippen LogP contribution in [0, 0.1) is 5.92 Å². The van der Waals surface area contributed by atoms with E-state index in [4.69, 9.17) is 0 Å². The van der Waals surface area contributed by atoms with Crippen molar-refractivity contribution < 1.29 is 13.2 Å². The van der Waals surface area contributed by atoms with E-state index in [0.29, 0.717) is 11.3 Å². The van der Waals surface area contributed by atoms with Gasteiger partial charge in [0.1, 0.15) is 5.78 Å². The molecule has 1 aromatic carbocycles. The topological polar surface area (TPSA) is 51.2 Å². The highest BCUT2D eigenvalue weighted by atomic mass is 32.2. The highest BCUT2D eigenvalue weighted by Crippen LogP contribution is 2.28. The van der Waals surface area contributed by atoms with Crippen molar-refractivity contribution in [1.29, 1.82) is 0 Å². The van der Waals surface area contributed by atoms with Gasteiger partial charge in [-0.1, -0.05) is 39.8 Å². The van der Waals surface area contributed by atoms with Gasteiger partial charge in [-0.3, -0.25) is 4.79 Å². The summed E-state index contributed by atoms with van der Waals surface area (Å²) in [6.07, 6.45) is 0.466. The molecule has 1 aromatic rings. The van der Waals surface area contributed by atoms with Crippen LogP contribution in [0.4, 0.5) is 0 Å². The van der Waals surface area contributed by atoms with E-state index in [1.165, 1.54) is 0 Å². The van der Waals surface area contributed by atoms with Crippen LogP contribution in [-0.2, 0) is 14.6 Å². The molecule has 1 unspecified atom stereocenters. The summed E-state index contributed by atoms with van der Waals surface area (Å²) < 4.78 is 23.8. The highest BCUT2D eigenvalue weighted by molar-refractivity contribution is 7.91. The van der Waals surface area contributed by atoms with Crippen LogP contribution in [0.1, 0.15) is 45.6 Å². The van der Waals surface area contributed by atoms with Crippen LogP contribution in [0.5, 0.6) is 0 Å². The molecule has 0 bridgehead atoms. The molecule has 1 rings (SSSR count). The highest BCUT2D eigenvalue weighted by Gasteiger charge is 2.24. The van der Waals surface area contributed by atoms with Gasteiger partial charge < -0.3 is 0 Å². The van der Waals surface area contributed by atoms with Gasteiger partial charge in [0, 0.05) is 12.3 Å². The van der Waals surface area contributed by atoms with Gasteiger partial charge in [-0.15, -0.1) is 0 Å². The molecule has 0 radical (unpaired) electrons. The molecule has 0 aliphatic rings. The normalized spacial score (nSPS) is 13.5. The van der Waals surface area contributed by atoms with Crippen LogP contribution >= 0.6 is 0 Å². The summed E-state index contributed by atoms with van der Waals surface area (Å²) in [6.45, 7) is 7.43. The Morgan fingerprint density at radius 2 is 1.84 bits per heavy atom. The van der Waals surface area contributed by atoms with Gasteiger partial charge in [0.2, 0.25) is 0 Å². The zero-order chi connectivity index (χ0) is 14.6. The maximum atomic E-state index is 12.0. The Morgan fingerprint density at radius 1 is 1.21 bits per heavy atom. The number of ketones is 1. The molecule has 0 fully saturated rings. The lowest BCUT2D eigenvalue weighted by molar-refractivity contribution is -0.121. The van der Waals surface area contributed by atoms with Crippen molar-refractivity contribution in [3.63, 3.8) is 0 Å². The van der Waals surface area contributed by atoms with E-state index in [1.54, 1.807) is 25.1 Å². The van der Waals surface area contributed by atoms with E-state index in [0.717, 1.165) is 5.56 Å². The minimum absolute atomic E-state index is 0.0739. The fourth-order valence-corrected chi connectivity index (χ4v) is 3.17. The number of sulfone groups is 1. The molecule has 0 amide bonds. The molecule has 0 saturated heterocycles. The number of carbonyl (C=O) groups excluding carboxylic acids is 1. The second-order valence-electron chi connectivity index (χ2n) is 5.02. The standard InChI is InChI=1S/C15H22O3S/c1-5-14(16)15(11(3)4)12-8-7-9-13(10-12)19(17,18)6-2/h7-11,15H,5-6H2,1-4H3. The fraction of sp³-hybridized carbons (Fsp3) is 0.533. The first-order chi connectivity index (χ1) is 8.83. The number of hydrogen-bond donors (Lipinski definition) is 0. The predicted octanol–water partition coefficient (Wildman–Crippen LogP) is 3.20. The lowest BCUT2D eigenvalue weighted by Gasteiger charge is -2.20. The van der Waals surface area contributed by atoms with Gasteiger partial charge in [-0.05, 0) is 23.6 Å². The molecule has 106 valence electrons. The second-order valence-corrected chi connectivity index (χ2v) is 7.30. The van der Waals surface area contributed by atoms with Gasteiger partial charge in [0.15, 0.2) is 9.84 Å². The van der Waals surface area contributed by atoms with Crippen molar-refractivity contribution in [3.05, 3.63) is 29.8 Å². The lowest BCUT2D eigenvalue weighted by atomic mass is 9.84. The fourth-order valence-electron chi connectivity index (χ4n) is 2.23. The van der Waals surface area contributed by atoms with Crippen molar-refractivity contribution in [2.75, 3.05) is 5.75 Å². The SMILES string of the molecule is CCC(=O)C(c1cccc(S(=O)(=O)CC)c1)C(C)C. The van der Waals surface area contributed by atoms with Gasteiger partial charge in [-0.2, -0.15) is 0 Å². The molecule has 0 aliphatic heterocycles. The molecule has 4 heteroatoms. The second kappa shape index (κ2) is 6.33. The van der Waals surface area contributed by atoms with Crippen LogP contribution in [0.2, 0.25) is 0 Å². The van der Waals surface area contributed by atoms with Crippen molar-refractivity contribution in [2.24, 2.45) is 5.92 Å². The minimum Gasteiger partial charge on any atom is -0.299 e. The average Bonchev–Trinajstić information content (AvgIpc) is 2.38. The van der Waals surface area contributed by atoms with Crippen molar-refractivity contribution in [3.8, 4) is 0 Å². The Balaban J connectivity index is 3.27. The molecule has 19 heavy (non-hydrogen) atoms. The molecule has 1 atom stereocenters. The van der Waals surface area contributed by atoms with E-state index in [9.17, 15) is 13.2 Å². The third kappa shape index (κ3) is 3.66. The van der Waals surface area contributed by atoms with Crippen molar-refractivity contribution in [2.45, 2.75) is 44.9 Å². The van der Waals surface area contributed by atoms with E-state index in [1.807, 2.05) is 26.8 Å². The molecular formula is C15H22O3S. The molecule has 0 N–H and O–H groups in total. The maximum Gasteiger partial charge on any atom is 0.178 e. The van der Waals surface area contributed by atoms with Crippen LogP contribution < -0.4 is 0 Å². The predicted molar refractivity (Wildman–Crippen MR) is 77.0 cm³/mol. The summed E-state index contributed by atoms with van der Waals surface area (Å²) in [7, 11) is -3.22. The number of Topliss-reactive ketones (excluding diaryl/α,β-unsaturated/α-hetero) is 1. The zero-order valence-corrected chi connectivity index (χ0v) is 12.8. The summed E-state index contributed by atoms with van der Waals surface area (Å²) in [5, 5.41) is 0. The van der Waals surface area contributed by atoms with Crippen molar-refractivity contribution in [1.82, 2.24) is 0 Å². The van der Waals surface area contributed by atoms with Gasteiger partial charge >= 0.3 is 0 Å². The molecular weight excluding hydrogens is 260 g/mol. The Bertz CT molecular complexity index is 544. The smallest absolute Gasteiger partial charge is 0.178 e. The largest absolute Gasteiger partial charge is 0.299 e. The summed E-state index contributed by atoms with van der Waals surface area (Å²) in [5.74, 6) is 0.162. The Kier molecular flexibility index (Phi) is 5.29. The summed E-state index contributed by atoms with van der Waals surface area (Å²) in [5.41, 5.74) is 0.802. The zero-order valence-electron chi connectivity index (χ0n) is 12.0. The molecule has 3 nitrogen and oxygen atoms in total. The summed E-state index contributed by atoms with van der Waals surface area (Å²) >= 11 is 0. The first kappa shape index (κ1) is 15.9.